The molecule has 0 bridgehead atoms. The molecule has 2 atom stereocenters. The Hall–Kier alpha value is -1.19. The number of rotatable bonds is 6. The maximum absolute atomic E-state index is 11.4. The van der Waals surface area contributed by atoms with E-state index in [4.69, 9.17) is 5.11 Å². The Balaban J connectivity index is 4.07. The lowest BCUT2D eigenvalue weighted by Crippen LogP contribution is -2.20. The molecule has 0 aliphatic rings. The monoisotopic (exact) mass is 200 g/mol. The first kappa shape index (κ1) is 12.8. The number of carbonyl (C=O) groups is 3. The first-order valence-electron chi connectivity index (χ1n) is 4.59. The summed E-state index contributed by atoms with van der Waals surface area (Å²) >= 11 is 0. The number of carboxylic acids is 1. The number of carbonyl (C=O) groups excluding carboxylic acids is 2. The van der Waals surface area contributed by atoms with E-state index in [1.165, 1.54) is 6.92 Å². The minimum absolute atomic E-state index is 0.0409. The van der Waals surface area contributed by atoms with Crippen LogP contribution in [0.2, 0.25) is 0 Å². The quantitative estimate of drug-likeness (QED) is 0.701. The zero-order chi connectivity index (χ0) is 11.3. The Morgan fingerprint density at radius 3 is 1.93 bits per heavy atom. The van der Waals surface area contributed by atoms with E-state index in [0.29, 0.717) is 0 Å². The van der Waals surface area contributed by atoms with Crippen LogP contribution in [0.3, 0.4) is 0 Å². The van der Waals surface area contributed by atoms with Crippen LogP contribution in [0.1, 0.15) is 33.6 Å². The standard InChI is InChI=1S/C10H16O4/c1-6(8(3)11)4-9(12)7(2)5-10(13)14/h6-7H,4-5H2,1-3H3,(H,13,14). The van der Waals surface area contributed by atoms with Crippen LogP contribution in [0.25, 0.3) is 0 Å². The molecule has 0 aromatic rings. The summed E-state index contributed by atoms with van der Waals surface area (Å²) in [6.45, 7) is 4.68. The van der Waals surface area contributed by atoms with Crippen LogP contribution in [0.5, 0.6) is 0 Å². The molecule has 0 spiro atoms. The van der Waals surface area contributed by atoms with Gasteiger partial charge >= 0.3 is 5.97 Å². The first-order chi connectivity index (χ1) is 6.34. The van der Waals surface area contributed by atoms with Crippen molar-refractivity contribution in [2.24, 2.45) is 11.8 Å². The Labute approximate surface area is 83.3 Å². The summed E-state index contributed by atoms with van der Waals surface area (Å²) in [6, 6.07) is 0. The number of Topliss-reactive ketones (excluding diaryl/α,β-unsaturated/α-hetero) is 2. The molecule has 0 heterocycles. The van der Waals surface area contributed by atoms with E-state index in [-0.39, 0.29) is 30.3 Å². The van der Waals surface area contributed by atoms with E-state index >= 15 is 0 Å². The molecule has 0 saturated carbocycles. The van der Waals surface area contributed by atoms with Crippen LogP contribution < -0.4 is 0 Å². The van der Waals surface area contributed by atoms with Crippen molar-refractivity contribution in [1.29, 1.82) is 0 Å². The Kier molecular flexibility index (Phi) is 5.05. The average molecular weight is 200 g/mol. The molecule has 4 heteroatoms. The predicted octanol–water partition coefficient (Wildman–Crippen LogP) is 1.28. The highest BCUT2D eigenvalue weighted by molar-refractivity contribution is 5.89. The van der Waals surface area contributed by atoms with Gasteiger partial charge < -0.3 is 5.11 Å². The molecule has 2 unspecified atom stereocenters. The van der Waals surface area contributed by atoms with E-state index in [9.17, 15) is 14.4 Å². The highest BCUT2D eigenvalue weighted by Crippen LogP contribution is 2.12. The molecule has 0 aliphatic heterocycles. The molecule has 0 radical (unpaired) electrons. The zero-order valence-electron chi connectivity index (χ0n) is 8.74. The highest BCUT2D eigenvalue weighted by atomic mass is 16.4. The van der Waals surface area contributed by atoms with Crippen molar-refractivity contribution in [3.63, 3.8) is 0 Å². The number of aliphatic carboxylic acids is 1. The van der Waals surface area contributed by atoms with Gasteiger partial charge in [-0.05, 0) is 6.92 Å². The smallest absolute Gasteiger partial charge is 0.304 e. The second kappa shape index (κ2) is 5.52. The van der Waals surface area contributed by atoms with Crippen LogP contribution in [0.15, 0.2) is 0 Å². The lowest BCUT2D eigenvalue weighted by atomic mass is 9.92. The predicted molar refractivity (Wildman–Crippen MR) is 50.9 cm³/mol. The van der Waals surface area contributed by atoms with E-state index < -0.39 is 11.9 Å². The summed E-state index contributed by atoms with van der Waals surface area (Å²) in [4.78, 5) is 32.5. The van der Waals surface area contributed by atoms with Gasteiger partial charge in [0.1, 0.15) is 11.6 Å². The molecule has 0 aromatic heterocycles. The van der Waals surface area contributed by atoms with Crippen LogP contribution in [0, 0.1) is 11.8 Å². The normalized spacial score (nSPS) is 14.5. The van der Waals surface area contributed by atoms with Gasteiger partial charge in [0, 0.05) is 18.3 Å². The van der Waals surface area contributed by atoms with Gasteiger partial charge in [0.25, 0.3) is 0 Å². The van der Waals surface area contributed by atoms with Gasteiger partial charge in [-0.1, -0.05) is 13.8 Å². The Bertz CT molecular complexity index is 245. The molecule has 0 aliphatic carbocycles. The maximum Gasteiger partial charge on any atom is 0.304 e. The second-order valence-electron chi connectivity index (χ2n) is 3.68. The van der Waals surface area contributed by atoms with Crippen LogP contribution in [-0.2, 0) is 14.4 Å². The SMILES string of the molecule is CC(=O)C(C)CC(=O)C(C)CC(=O)O. The number of hydrogen-bond donors (Lipinski definition) is 1. The van der Waals surface area contributed by atoms with Crippen molar-refractivity contribution in [2.75, 3.05) is 0 Å². The van der Waals surface area contributed by atoms with Gasteiger partial charge in [-0.25, -0.2) is 0 Å². The van der Waals surface area contributed by atoms with Crippen LogP contribution in [-0.4, -0.2) is 22.6 Å². The molecule has 14 heavy (non-hydrogen) atoms. The van der Waals surface area contributed by atoms with Gasteiger partial charge in [-0.3, -0.25) is 14.4 Å². The third kappa shape index (κ3) is 4.74. The molecular weight excluding hydrogens is 184 g/mol. The minimum atomic E-state index is -0.985. The summed E-state index contributed by atoms with van der Waals surface area (Å²) in [6.07, 6.45) is -0.0206. The van der Waals surface area contributed by atoms with Crippen LogP contribution >= 0.6 is 0 Å². The number of ketones is 2. The molecule has 0 aromatic carbocycles. The zero-order valence-corrected chi connectivity index (χ0v) is 8.74. The summed E-state index contributed by atoms with van der Waals surface area (Å²) in [5.74, 6) is -2.00. The van der Waals surface area contributed by atoms with E-state index in [0.717, 1.165) is 0 Å². The highest BCUT2D eigenvalue weighted by Gasteiger charge is 2.20. The van der Waals surface area contributed by atoms with Crippen molar-refractivity contribution >= 4 is 17.5 Å². The average Bonchev–Trinajstić information content (AvgIpc) is 2.02. The third-order valence-electron chi connectivity index (χ3n) is 2.23. The van der Waals surface area contributed by atoms with E-state index in [1.54, 1.807) is 13.8 Å². The van der Waals surface area contributed by atoms with Gasteiger partial charge in [-0.15, -0.1) is 0 Å². The third-order valence-corrected chi connectivity index (χ3v) is 2.23. The fraction of sp³-hybridized carbons (Fsp3) is 0.700. The summed E-state index contributed by atoms with van der Waals surface area (Å²) in [5.41, 5.74) is 0. The molecule has 0 rings (SSSR count). The van der Waals surface area contributed by atoms with Crippen molar-refractivity contribution in [2.45, 2.75) is 33.6 Å². The maximum atomic E-state index is 11.4. The summed E-state index contributed by atoms with van der Waals surface area (Å²) in [5, 5.41) is 8.46. The molecular formula is C10H16O4. The number of carboxylic acid groups (broad SMARTS) is 1. The fourth-order valence-electron chi connectivity index (χ4n) is 1.02. The summed E-state index contributed by atoms with van der Waals surface area (Å²) in [7, 11) is 0. The van der Waals surface area contributed by atoms with Crippen molar-refractivity contribution in [3.8, 4) is 0 Å². The molecule has 4 nitrogen and oxygen atoms in total. The Morgan fingerprint density at radius 2 is 1.57 bits per heavy atom. The van der Waals surface area contributed by atoms with Crippen molar-refractivity contribution in [3.05, 3.63) is 0 Å². The second-order valence-corrected chi connectivity index (χ2v) is 3.68. The molecule has 0 amide bonds. The molecule has 0 fully saturated rings. The minimum Gasteiger partial charge on any atom is -0.481 e. The molecule has 80 valence electrons. The van der Waals surface area contributed by atoms with Gasteiger partial charge in [0.2, 0.25) is 0 Å². The largest absolute Gasteiger partial charge is 0.481 e. The lowest BCUT2D eigenvalue weighted by molar-refractivity contribution is -0.140. The van der Waals surface area contributed by atoms with Gasteiger partial charge in [0.15, 0.2) is 0 Å². The topological polar surface area (TPSA) is 71.4 Å². The lowest BCUT2D eigenvalue weighted by Gasteiger charge is -2.10. The van der Waals surface area contributed by atoms with Crippen molar-refractivity contribution < 1.29 is 19.5 Å². The van der Waals surface area contributed by atoms with E-state index in [2.05, 4.69) is 0 Å². The number of hydrogen-bond acceptors (Lipinski definition) is 3. The molecule has 0 saturated heterocycles. The van der Waals surface area contributed by atoms with E-state index in [1.807, 2.05) is 0 Å². The summed E-state index contributed by atoms with van der Waals surface area (Å²) < 4.78 is 0. The van der Waals surface area contributed by atoms with Gasteiger partial charge in [-0.2, -0.15) is 0 Å². The van der Waals surface area contributed by atoms with Crippen molar-refractivity contribution in [1.82, 2.24) is 0 Å². The Morgan fingerprint density at radius 1 is 1.07 bits per heavy atom. The first-order valence-corrected chi connectivity index (χ1v) is 4.59. The van der Waals surface area contributed by atoms with Gasteiger partial charge in [0.05, 0.1) is 6.42 Å². The fourth-order valence-corrected chi connectivity index (χ4v) is 1.02. The van der Waals surface area contributed by atoms with Crippen LogP contribution in [0.4, 0.5) is 0 Å². The molecule has 1 N–H and O–H groups in total.